The smallest absolute Gasteiger partial charge is 0.255 e. The largest absolute Gasteiger partial charge is 0.383 e. The van der Waals surface area contributed by atoms with Crippen LogP contribution < -0.4 is 5.32 Å². The van der Waals surface area contributed by atoms with Crippen LogP contribution in [0, 0.1) is 10.9 Å². The molecule has 0 aliphatic carbocycles. The summed E-state index contributed by atoms with van der Waals surface area (Å²) in [5, 5.41) is 27.5. The molecule has 2 fully saturated rings. The van der Waals surface area contributed by atoms with Gasteiger partial charge in [-0.05, 0) is 45.2 Å². The van der Waals surface area contributed by atoms with Crippen molar-refractivity contribution in [3.8, 4) is 0 Å². The number of nitrogens with zero attached hydrogens (tertiary/aromatic N) is 3. The number of aliphatic hydroxyl groups is 1. The maximum Gasteiger partial charge on any atom is 0.255 e. The van der Waals surface area contributed by atoms with Gasteiger partial charge >= 0.3 is 0 Å². The summed E-state index contributed by atoms with van der Waals surface area (Å²) in [5.41, 5.74) is 7.95. The number of rotatable bonds is 6. The third kappa shape index (κ3) is 4.00. The fraction of sp³-hybridized carbons (Fsp3) is 0.455. The van der Waals surface area contributed by atoms with Gasteiger partial charge in [0.15, 0.2) is 0 Å². The molecule has 3 unspecified atom stereocenters. The van der Waals surface area contributed by atoms with Gasteiger partial charge in [0.25, 0.3) is 5.91 Å². The molecule has 0 spiro atoms. The van der Waals surface area contributed by atoms with Gasteiger partial charge in [-0.15, -0.1) is 11.3 Å². The molecular formula is C22H28N6O2S. The molecular weight excluding hydrogens is 412 g/mol. The molecule has 2 saturated heterocycles. The van der Waals surface area contributed by atoms with Crippen molar-refractivity contribution in [2.75, 3.05) is 14.1 Å². The van der Waals surface area contributed by atoms with E-state index in [-0.39, 0.29) is 24.2 Å². The molecule has 4 rings (SSSR count). The number of amides is 1. The first kappa shape index (κ1) is 21.6. The van der Waals surface area contributed by atoms with Crippen molar-refractivity contribution in [1.29, 1.82) is 10.9 Å². The first-order chi connectivity index (χ1) is 14.9. The van der Waals surface area contributed by atoms with Gasteiger partial charge in [-0.25, -0.2) is 5.53 Å². The van der Waals surface area contributed by atoms with Crippen LogP contribution in [0.3, 0.4) is 0 Å². The van der Waals surface area contributed by atoms with E-state index in [4.69, 9.17) is 10.9 Å². The molecule has 1 aromatic rings. The highest BCUT2D eigenvalue weighted by atomic mass is 32.1. The molecule has 0 saturated carbocycles. The van der Waals surface area contributed by atoms with Gasteiger partial charge in [0, 0.05) is 52.7 Å². The van der Waals surface area contributed by atoms with Crippen molar-refractivity contribution in [2.24, 2.45) is 5.11 Å². The van der Waals surface area contributed by atoms with E-state index >= 15 is 0 Å². The number of piperidine rings is 1. The van der Waals surface area contributed by atoms with E-state index in [0.717, 1.165) is 29.6 Å². The normalized spacial score (nSPS) is 30.2. The molecule has 4 N–H and O–H groups in total. The van der Waals surface area contributed by atoms with Gasteiger partial charge in [0.2, 0.25) is 0 Å². The Morgan fingerprint density at radius 2 is 2.10 bits per heavy atom. The summed E-state index contributed by atoms with van der Waals surface area (Å²) in [7, 11) is 3.98. The maximum atomic E-state index is 13.3. The highest BCUT2D eigenvalue weighted by Gasteiger charge is 2.51. The van der Waals surface area contributed by atoms with Crippen LogP contribution in [-0.4, -0.2) is 65.0 Å². The third-order valence-corrected chi connectivity index (χ3v) is 7.39. The first-order valence-corrected chi connectivity index (χ1v) is 11.3. The zero-order chi connectivity index (χ0) is 22.2. The van der Waals surface area contributed by atoms with Gasteiger partial charge in [0.05, 0.1) is 17.9 Å². The van der Waals surface area contributed by atoms with Crippen molar-refractivity contribution in [2.45, 2.75) is 49.5 Å². The molecule has 3 atom stereocenters. The van der Waals surface area contributed by atoms with Crippen LogP contribution in [0.1, 0.15) is 40.9 Å². The minimum atomic E-state index is -0.965. The third-order valence-electron chi connectivity index (χ3n) is 6.41. The monoisotopic (exact) mass is 440 g/mol. The number of allylic oxidation sites excluding steroid dienone is 3. The van der Waals surface area contributed by atoms with Gasteiger partial charge in [-0.1, -0.05) is 6.08 Å². The lowest BCUT2D eigenvalue weighted by Crippen LogP contribution is -2.57. The molecule has 1 aromatic heterocycles. The van der Waals surface area contributed by atoms with Crippen LogP contribution in [0.25, 0.3) is 5.57 Å². The molecule has 0 aromatic carbocycles. The minimum Gasteiger partial charge on any atom is -0.383 e. The average molecular weight is 441 g/mol. The van der Waals surface area contributed by atoms with E-state index in [1.807, 2.05) is 31.1 Å². The quantitative estimate of drug-likeness (QED) is 0.401. The Hall–Kier alpha value is -2.62. The van der Waals surface area contributed by atoms with Crippen molar-refractivity contribution < 1.29 is 9.90 Å². The van der Waals surface area contributed by atoms with Crippen LogP contribution in [0.15, 0.2) is 46.7 Å². The van der Waals surface area contributed by atoms with E-state index < -0.39 is 5.60 Å². The molecule has 3 aliphatic rings. The molecule has 31 heavy (non-hydrogen) atoms. The molecule has 164 valence electrons. The zero-order valence-electron chi connectivity index (χ0n) is 17.7. The standard InChI is InChI=1S/C22H28N6O2S/c1-27(2)20-5-3-4-19(26-20)22(30)9-16-6-7-17(10-22)28(16)21(29)14-8-18(31-13-14)15(11-23)12-25-24/h3-5,8,11-13,16-17,20,23-24,26,30H,6-7,9-10H2,1-2H3/b15-12+,23-11?,25-24?. The highest BCUT2D eigenvalue weighted by molar-refractivity contribution is 7.11. The summed E-state index contributed by atoms with van der Waals surface area (Å²) in [6, 6.07) is 1.76. The Labute approximate surface area is 186 Å². The van der Waals surface area contributed by atoms with Gasteiger partial charge in [-0.2, -0.15) is 5.11 Å². The number of carbonyl (C=O) groups is 1. The van der Waals surface area contributed by atoms with Crippen LogP contribution in [0.2, 0.25) is 0 Å². The lowest BCUT2D eigenvalue weighted by Gasteiger charge is -2.46. The summed E-state index contributed by atoms with van der Waals surface area (Å²) in [6.45, 7) is 0. The van der Waals surface area contributed by atoms with Crippen molar-refractivity contribution in [3.63, 3.8) is 0 Å². The van der Waals surface area contributed by atoms with E-state index in [1.54, 1.807) is 11.4 Å². The topological polar surface area (TPSA) is 116 Å². The Morgan fingerprint density at radius 1 is 1.39 bits per heavy atom. The number of hydrogen-bond donors (Lipinski definition) is 4. The fourth-order valence-corrected chi connectivity index (χ4v) is 5.74. The summed E-state index contributed by atoms with van der Waals surface area (Å²) in [4.78, 5) is 18.1. The van der Waals surface area contributed by atoms with Crippen molar-refractivity contribution in [1.82, 2.24) is 15.1 Å². The van der Waals surface area contributed by atoms with Gasteiger partial charge in [0.1, 0.15) is 5.60 Å². The number of thiophene rings is 1. The van der Waals surface area contributed by atoms with Crippen LogP contribution in [-0.2, 0) is 0 Å². The average Bonchev–Trinajstić information content (AvgIpc) is 3.35. The second-order valence-corrected chi connectivity index (χ2v) is 9.52. The fourth-order valence-electron chi connectivity index (χ4n) is 4.87. The van der Waals surface area contributed by atoms with Crippen molar-refractivity contribution >= 4 is 29.0 Å². The lowest BCUT2D eigenvalue weighted by molar-refractivity contribution is -0.0241. The number of dihydropyridines is 1. The maximum absolute atomic E-state index is 13.3. The summed E-state index contributed by atoms with van der Waals surface area (Å²) in [5.74, 6) is -0.0270. The zero-order valence-corrected chi connectivity index (χ0v) is 18.5. The van der Waals surface area contributed by atoms with E-state index in [9.17, 15) is 9.90 Å². The number of likely N-dealkylation sites (N-methyl/N-ethyl adjacent to an activating group) is 1. The SMILES string of the molecule is CN(C)C1C=CC=C(C2(O)CC3CCC(C2)N3C(=O)c2csc(/C(C=N)=C/N=N)c2)N1. The van der Waals surface area contributed by atoms with Gasteiger partial charge < -0.3 is 20.7 Å². The highest BCUT2D eigenvalue weighted by Crippen LogP contribution is 2.44. The van der Waals surface area contributed by atoms with Crippen molar-refractivity contribution in [3.05, 3.63) is 52.0 Å². The second kappa shape index (κ2) is 8.49. The molecule has 8 nitrogen and oxygen atoms in total. The molecule has 4 heterocycles. The van der Waals surface area contributed by atoms with Gasteiger partial charge in [-0.3, -0.25) is 9.69 Å². The number of fused-ring (bicyclic) bond motifs is 2. The van der Waals surface area contributed by atoms with E-state index in [2.05, 4.69) is 21.4 Å². The molecule has 9 heteroatoms. The Balaban J connectivity index is 1.52. The lowest BCUT2D eigenvalue weighted by atomic mass is 9.82. The van der Waals surface area contributed by atoms with E-state index in [1.165, 1.54) is 17.5 Å². The summed E-state index contributed by atoms with van der Waals surface area (Å²) in [6.07, 6.45) is 11.3. The number of nitrogens with one attached hydrogen (secondary N) is 3. The summed E-state index contributed by atoms with van der Waals surface area (Å²) < 4.78 is 0. The predicted molar refractivity (Wildman–Crippen MR) is 121 cm³/mol. The first-order valence-electron chi connectivity index (χ1n) is 10.4. The Bertz CT molecular complexity index is 964. The molecule has 3 aliphatic heterocycles. The molecule has 0 radical (unpaired) electrons. The van der Waals surface area contributed by atoms with E-state index in [0.29, 0.717) is 24.0 Å². The molecule has 2 bridgehead atoms. The van der Waals surface area contributed by atoms with Crippen LogP contribution in [0.4, 0.5) is 0 Å². The number of hydrogen-bond acceptors (Lipinski definition) is 8. The van der Waals surface area contributed by atoms with Crippen LogP contribution >= 0.6 is 11.3 Å². The van der Waals surface area contributed by atoms with Crippen LogP contribution in [0.5, 0.6) is 0 Å². The Morgan fingerprint density at radius 3 is 2.71 bits per heavy atom. The Kier molecular flexibility index (Phi) is 5.92. The molecule has 1 amide bonds. The minimum absolute atomic E-state index is 0.00740. The number of carbonyl (C=O) groups excluding carboxylic acids is 1. The predicted octanol–water partition coefficient (Wildman–Crippen LogP) is 3.20. The summed E-state index contributed by atoms with van der Waals surface area (Å²) >= 11 is 1.37. The second-order valence-electron chi connectivity index (χ2n) is 8.61.